The minimum Gasteiger partial charge on any atom is -0.494 e. The number of benzene rings is 2. The van der Waals surface area contributed by atoms with E-state index in [9.17, 15) is 18.1 Å². The molecule has 0 amide bonds. The second kappa shape index (κ2) is 10.1. The van der Waals surface area contributed by atoms with E-state index in [1.807, 2.05) is 6.07 Å². The summed E-state index contributed by atoms with van der Waals surface area (Å²) in [4.78, 5) is 0. The third-order valence-corrected chi connectivity index (χ3v) is 6.56. The van der Waals surface area contributed by atoms with Crippen LogP contribution < -0.4 is 14.2 Å². The molecule has 1 N–H and O–H groups in total. The molecule has 0 saturated heterocycles. The summed E-state index contributed by atoms with van der Waals surface area (Å²) in [5, 5.41) is 17.5. The molecular weight excluding hydrogens is 489 g/mol. The van der Waals surface area contributed by atoms with E-state index in [2.05, 4.69) is 14.9 Å². The van der Waals surface area contributed by atoms with Gasteiger partial charge in [-0.05, 0) is 55.3 Å². The number of rotatable bonds is 9. The highest BCUT2D eigenvalue weighted by atomic mass is 32.2. The minimum absolute atomic E-state index is 0.0190. The van der Waals surface area contributed by atoms with Gasteiger partial charge < -0.3 is 13.9 Å². The monoisotopic (exact) mass is 511 g/mol. The van der Waals surface area contributed by atoms with Crippen LogP contribution in [0.15, 0.2) is 52.9 Å². The summed E-state index contributed by atoms with van der Waals surface area (Å²) >= 11 is 0. The van der Waals surface area contributed by atoms with Gasteiger partial charge in [-0.15, -0.1) is 10.2 Å². The summed E-state index contributed by atoms with van der Waals surface area (Å²) in [6.45, 7) is 1.77. The topological polar surface area (TPSA) is 132 Å². The molecule has 0 aliphatic heterocycles. The Bertz CT molecular complexity index is 1530. The number of furan rings is 1. The molecule has 0 radical (unpaired) electrons. The van der Waals surface area contributed by atoms with Crippen LogP contribution in [-0.2, 0) is 16.4 Å². The molecular formula is C24H22FN5O5S. The minimum atomic E-state index is -3.99. The highest BCUT2D eigenvalue weighted by molar-refractivity contribution is 7.92. The maximum atomic E-state index is 13.4. The number of ether oxygens (including phenoxy) is 2. The molecule has 12 heteroatoms. The van der Waals surface area contributed by atoms with Gasteiger partial charge in [-0.3, -0.25) is 9.29 Å². The van der Waals surface area contributed by atoms with Gasteiger partial charge in [0, 0.05) is 0 Å². The first-order chi connectivity index (χ1) is 17.3. The van der Waals surface area contributed by atoms with E-state index in [1.165, 1.54) is 30.9 Å². The van der Waals surface area contributed by atoms with Crippen molar-refractivity contribution in [2.75, 3.05) is 24.7 Å². The number of aromatic nitrogens is 3. The quantitative estimate of drug-likeness (QED) is 0.358. The molecule has 0 saturated carbocycles. The Morgan fingerprint density at radius 3 is 2.44 bits per heavy atom. The number of aryl methyl sites for hydroxylation is 2. The molecule has 2 aromatic carbocycles. The molecule has 36 heavy (non-hydrogen) atoms. The summed E-state index contributed by atoms with van der Waals surface area (Å²) in [7, 11) is -1.05. The molecule has 10 nitrogen and oxygen atoms in total. The van der Waals surface area contributed by atoms with Crippen LogP contribution in [0.1, 0.15) is 16.9 Å². The third kappa shape index (κ3) is 5.01. The van der Waals surface area contributed by atoms with Gasteiger partial charge in [0.05, 0.1) is 31.6 Å². The molecule has 4 aromatic rings. The number of halogens is 1. The third-order valence-electron chi connectivity index (χ3n) is 5.33. The van der Waals surface area contributed by atoms with Crippen molar-refractivity contribution < 1.29 is 26.7 Å². The standard InChI is InChI=1S/C24H22FN5O5S/c1-15-7-10-21(35-15)23-27-28-24(30(23)22-19(33-2)5-4-6-20(22)34-3)29-36(31,32)12-11-16-8-9-18(25)13-17(16)14-26/h4-10,13H,11-12H2,1-3H3,(H,28,29). The normalized spacial score (nSPS) is 11.2. The lowest BCUT2D eigenvalue weighted by Gasteiger charge is -2.17. The predicted octanol–water partition coefficient (Wildman–Crippen LogP) is 3.85. The van der Waals surface area contributed by atoms with Crippen LogP contribution in [0.25, 0.3) is 17.3 Å². The Morgan fingerprint density at radius 1 is 1.11 bits per heavy atom. The maximum absolute atomic E-state index is 13.4. The van der Waals surface area contributed by atoms with Crippen molar-refractivity contribution in [3.05, 3.63) is 71.2 Å². The number of nitrogens with one attached hydrogen (secondary N) is 1. The van der Waals surface area contributed by atoms with E-state index in [0.29, 0.717) is 34.3 Å². The molecule has 0 atom stereocenters. The van der Waals surface area contributed by atoms with Gasteiger partial charge in [-0.25, -0.2) is 12.8 Å². The smallest absolute Gasteiger partial charge is 0.243 e. The predicted molar refractivity (Wildman–Crippen MR) is 129 cm³/mol. The molecule has 0 unspecified atom stereocenters. The van der Waals surface area contributed by atoms with Crippen molar-refractivity contribution in [2.24, 2.45) is 0 Å². The Hall–Kier alpha value is -4.37. The molecule has 0 spiro atoms. The zero-order valence-corrected chi connectivity index (χ0v) is 20.5. The van der Waals surface area contributed by atoms with Gasteiger partial charge in [0.1, 0.15) is 28.8 Å². The van der Waals surface area contributed by atoms with Crippen molar-refractivity contribution in [2.45, 2.75) is 13.3 Å². The molecule has 0 aliphatic carbocycles. The molecule has 4 rings (SSSR count). The van der Waals surface area contributed by atoms with Gasteiger partial charge in [-0.1, -0.05) is 12.1 Å². The fourth-order valence-electron chi connectivity index (χ4n) is 3.63. The van der Waals surface area contributed by atoms with E-state index in [1.54, 1.807) is 37.3 Å². The molecule has 2 heterocycles. The first-order valence-electron chi connectivity index (χ1n) is 10.7. The number of anilines is 1. The summed E-state index contributed by atoms with van der Waals surface area (Å²) in [6, 6.07) is 14.0. The maximum Gasteiger partial charge on any atom is 0.243 e. The van der Waals surface area contributed by atoms with Gasteiger partial charge in [0.2, 0.25) is 21.8 Å². The van der Waals surface area contributed by atoms with Gasteiger partial charge in [0.25, 0.3) is 0 Å². The lowest BCUT2D eigenvalue weighted by atomic mass is 10.1. The van der Waals surface area contributed by atoms with Gasteiger partial charge >= 0.3 is 0 Å². The van der Waals surface area contributed by atoms with Crippen LogP contribution in [0.3, 0.4) is 0 Å². The largest absolute Gasteiger partial charge is 0.494 e. The van der Waals surface area contributed by atoms with Crippen LogP contribution in [0.5, 0.6) is 11.5 Å². The number of nitriles is 1. The summed E-state index contributed by atoms with van der Waals surface area (Å²) in [5.41, 5.74) is 0.839. The van der Waals surface area contributed by atoms with Crippen molar-refractivity contribution >= 4 is 16.0 Å². The van der Waals surface area contributed by atoms with Crippen LogP contribution in [-0.4, -0.2) is 43.2 Å². The zero-order valence-electron chi connectivity index (χ0n) is 19.6. The van der Waals surface area contributed by atoms with E-state index < -0.39 is 21.6 Å². The van der Waals surface area contributed by atoms with Gasteiger partial charge in [-0.2, -0.15) is 5.26 Å². The van der Waals surface area contributed by atoms with E-state index in [-0.39, 0.29) is 23.8 Å². The number of nitrogens with zero attached hydrogens (tertiary/aromatic N) is 4. The second-order valence-corrected chi connectivity index (χ2v) is 9.53. The van der Waals surface area contributed by atoms with Crippen LogP contribution >= 0.6 is 0 Å². The van der Waals surface area contributed by atoms with E-state index in [4.69, 9.17) is 13.9 Å². The first kappa shape index (κ1) is 24.7. The van der Waals surface area contributed by atoms with Crippen LogP contribution in [0, 0.1) is 24.1 Å². The number of methoxy groups -OCH3 is 2. The Morgan fingerprint density at radius 2 is 1.83 bits per heavy atom. The number of hydrogen-bond acceptors (Lipinski definition) is 8. The Balaban J connectivity index is 1.75. The lowest BCUT2D eigenvalue weighted by Crippen LogP contribution is -2.21. The van der Waals surface area contributed by atoms with Crippen molar-refractivity contribution in [1.29, 1.82) is 5.26 Å². The zero-order chi connectivity index (χ0) is 25.9. The number of hydrogen-bond donors (Lipinski definition) is 1. The summed E-state index contributed by atoms with van der Waals surface area (Å²) in [6.07, 6.45) is -0.0190. The summed E-state index contributed by atoms with van der Waals surface area (Å²) in [5.74, 6) is 0.863. The molecule has 0 fully saturated rings. The van der Waals surface area contributed by atoms with Crippen molar-refractivity contribution in [1.82, 2.24) is 14.8 Å². The number of para-hydroxylation sites is 1. The van der Waals surface area contributed by atoms with Crippen molar-refractivity contribution in [3.63, 3.8) is 0 Å². The number of sulfonamides is 1. The van der Waals surface area contributed by atoms with Crippen molar-refractivity contribution in [3.8, 4) is 34.8 Å². The average molecular weight is 512 g/mol. The summed E-state index contributed by atoms with van der Waals surface area (Å²) < 4.78 is 60.2. The first-order valence-corrected chi connectivity index (χ1v) is 12.3. The lowest BCUT2D eigenvalue weighted by molar-refractivity contribution is 0.391. The highest BCUT2D eigenvalue weighted by Gasteiger charge is 2.26. The molecule has 2 aromatic heterocycles. The van der Waals surface area contributed by atoms with Crippen LogP contribution in [0.2, 0.25) is 0 Å². The van der Waals surface area contributed by atoms with Crippen LogP contribution in [0.4, 0.5) is 10.3 Å². The van der Waals surface area contributed by atoms with E-state index in [0.717, 1.165) is 6.07 Å². The molecule has 0 aliphatic rings. The fraction of sp³-hybridized carbons (Fsp3) is 0.208. The Kier molecular flexibility index (Phi) is 6.93. The average Bonchev–Trinajstić information content (AvgIpc) is 3.47. The fourth-order valence-corrected chi connectivity index (χ4v) is 4.63. The van der Waals surface area contributed by atoms with E-state index >= 15 is 0 Å². The molecule has 186 valence electrons. The molecule has 0 bridgehead atoms. The highest BCUT2D eigenvalue weighted by Crippen LogP contribution is 2.38. The van der Waals surface area contributed by atoms with Gasteiger partial charge in [0.15, 0.2) is 5.76 Å². The Labute approximate surface area is 207 Å². The second-order valence-electron chi connectivity index (χ2n) is 7.69. The SMILES string of the molecule is COc1cccc(OC)c1-n1c(NS(=O)(=O)CCc2ccc(F)cc2C#N)nnc1-c1ccc(C)o1.